The lowest BCUT2D eigenvalue weighted by Gasteiger charge is -2.30. The van der Waals surface area contributed by atoms with Gasteiger partial charge in [-0.05, 0) is 32.8 Å². The van der Waals surface area contributed by atoms with E-state index in [2.05, 4.69) is 5.32 Å². The molecule has 30 heavy (non-hydrogen) atoms. The number of rotatable bonds is 9. The molecule has 0 bridgehead atoms. The second-order valence-corrected chi connectivity index (χ2v) is 7.57. The highest BCUT2D eigenvalue weighted by atomic mass is 16.6. The Balaban J connectivity index is 2.31. The number of carbonyl (C=O) groups is 2. The van der Waals surface area contributed by atoms with Gasteiger partial charge in [0.15, 0.2) is 0 Å². The number of benzene rings is 2. The lowest BCUT2D eigenvalue weighted by atomic mass is 10.1. The number of hydrogen-bond donors (Lipinski definition) is 1. The molecule has 0 spiro atoms. The van der Waals surface area contributed by atoms with Crippen LogP contribution in [0.15, 0.2) is 48.5 Å². The predicted molar refractivity (Wildman–Crippen MR) is 116 cm³/mol. The van der Waals surface area contributed by atoms with Crippen LogP contribution in [0, 0.1) is 17.0 Å². The summed E-state index contributed by atoms with van der Waals surface area (Å²) in [5.74, 6) is -0.578. The van der Waals surface area contributed by atoms with E-state index in [0.29, 0.717) is 5.56 Å². The second-order valence-electron chi connectivity index (χ2n) is 7.57. The summed E-state index contributed by atoms with van der Waals surface area (Å²) in [5, 5.41) is 14.2. The Morgan fingerprint density at radius 3 is 2.47 bits per heavy atom. The molecule has 7 heteroatoms. The van der Waals surface area contributed by atoms with Crippen molar-refractivity contribution in [3.8, 4) is 0 Å². The van der Waals surface area contributed by atoms with Crippen molar-refractivity contribution in [3.05, 3.63) is 75.3 Å². The average molecular weight is 412 g/mol. The fourth-order valence-corrected chi connectivity index (χ4v) is 3.16. The van der Waals surface area contributed by atoms with Crippen LogP contribution in [0.25, 0.3) is 0 Å². The molecule has 0 aliphatic heterocycles. The molecule has 160 valence electrons. The van der Waals surface area contributed by atoms with E-state index < -0.39 is 11.0 Å². The monoisotopic (exact) mass is 411 g/mol. The van der Waals surface area contributed by atoms with Crippen LogP contribution in [0.4, 0.5) is 5.69 Å². The molecule has 7 nitrogen and oxygen atoms in total. The Morgan fingerprint density at radius 2 is 1.83 bits per heavy atom. The van der Waals surface area contributed by atoms with E-state index in [1.54, 1.807) is 25.1 Å². The second kappa shape index (κ2) is 10.5. The highest BCUT2D eigenvalue weighted by molar-refractivity contribution is 5.88. The summed E-state index contributed by atoms with van der Waals surface area (Å²) in [4.78, 5) is 38.2. The third-order valence-corrected chi connectivity index (χ3v) is 5.13. The number of carbonyl (C=O) groups excluding carboxylic acids is 2. The van der Waals surface area contributed by atoms with Gasteiger partial charge in [-0.25, -0.2) is 0 Å². The minimum absolute atomic E-state index is 0.00826. The van der Waals surface area contributed by atoms with Crippen LogP contribution in [0.5, 0.6) is 0 Å². The zero-order valence-electron chi connectivity index (χ0n) is 17.9. The van der Waals surface area contributed by atoms with Gasteiger partial charge in [-0.2, -0.15) is 0 Å². The van der Waals surface area contributed by atoms with Crippen molar-refractivity contribution in [2.75, 3.05) is 0 Å². The number of aryl methyl sites for hydroxylation is 1. The third kappa shape index (κ3) is 6.14. The van der Waals surface area contributed by atoms with Gasteiger partial charge >= 0.3 is 0 Å². The highest BCUT2D eigenvalue weighted by Gasteiger charge is 2.28. The zero-order chi connectivity index (χ0) is 22.3. The van der Waals surface area contributed by atoms with Crippen molar-refractivity contribution < 1.29 is 14.5 Å². The summed E-state index contributed by atoms with van der Waals surface area (Å²) in [6.45, 7) is 7.77. The predicted octanol–water partition coefficient (Wildman–Crippen LogP) is 3.78. The fraction of sp³-hybridized carbons (Fsp3) is 0.391. The molecule has 0 radical (unpaired) electrons. The lowest BCUT2D eigenvalue weighted by molar-refractivity contribution is -0.385. The molecule has 2 aromatic carbocycles. The van der Waals surface area contributed by atoms with E-state index in [9.17, 15) is 19.7 Å². The average Bonchev–Trinajstić information content (AvgIpc) is 2.71. The van der Waals surface area contributed by atoms with E-state index >= 15 is 0 Å². The molecule has 2 amide bonds. The molecule has 2 aromatic rings. The molecule has 2 atom stereocenters. The maximum Gasteiger partial charge on any atom is 0.273 e. The molecular formula is C23H29N3O4. The first-order valence-corrected chi connectivity index (χ1v) is 10.1. The van der Waals surface area contributed by atoms with Crippen LogP contribution in [0.2, 0.25) is 0 Å². The molecule has 0 aromatic heterocycles. The maximum atomic E-state index is 13.2. The minimum Gasteiger partial charge on any atom is -0.352 e. The van der Waals surface area contributed by atoms with Crippen LogP contribution in [-0.2, 0) is 22.6 Å². The van der Waals surface area contributed by atoms with Crippen molar-refractivity contribution in [1.82, 2.24) is 10.2 Å². The van der Waals surface area contributed by atoms with Crippen LogP contribution in [-0.4, -0.2) is 33.7 Å². The van der Waals surface area contributed by atoms with Gasteiger partial charge in [0, 0.05) is 24.2 Å². The van der Waals surface area contributed by atoms with Crippen LogP contribution >= 0.6 is 0 Å². The standard InChI is InChI=1S/C23H29N3O4/c1-5-17(3)24-23(28)18(4)25(15-19-10-8-9-16(2)13-19)22(27)14-20-11-6-7-12-21(20)26(29)30/h6-13,17-18H,5,14-15H2,1-4H3,(H,24,28)/t17-,18-/m0/s1. The molecule has 2 rings (SSSR count). The summed E-state index contributed by atoms with van der Waals surface area (Å²) in [5.41, 5.74) is 2.18. The molecule has 0 fully saturated rings. The molecular weight excluding hydrogens is 382 g/mol. The van der Waals surface area contributed by atoms with E-state index in [4.69, 9.17) is 0 Å². The van der Waals surface area contributed by atoms with Gasteiger partial charge in [-0.15, -0.1) is 0 Å². The molecule has 1 N–H and O–H groups in total. The Kier molecular flexibility index (Phi) is 8.09. The Labute approximate surface area is 177 Å². The number of amides is 2. The maximum absolute atomic E-state index is 13.2. The summed E-state index contributed by atoms with van der Waals surface area (Å²) < 4.78 is 0. The summed E-state index contributed by atoms with van der Waals surface area (Å²) in [6, 6.07) is 13.2. The van der Waals surface area contributed by atoms with Gasteiger partial charge in [0.1, 0.15) is 6.04 Å². The number of nitro groups is 1. The zero-order valence-corrected chi connectivity index (χ0v) is 17.9. The first-order chi connectivity index (χ1) is 14.2. The van der Waals surface area contributed by atoms with Crippen LogP contribution < -0.4 is 5.32 Å². The van der Waals surface area contributed by atoms with Crippen molar-refractivity contribution in [2.24, 2.45) is 0 Å². The van der Waals surface area contributed by atoms with Gasteiger partial charge in [0.2, 0.25) is 11.8 Å². The van der Waals surface area contributed by atoms with E-state index in [-0.39, 0.29) is 36.5 Å². The Hall–Kier alpha value is -3.22. The Morgan fingerprint density at radius 1 is 1.13 bits per heavy atom. The lowest BCUT2D eigenvalue weighted by Crippen LogP contribution is -2.49. The largest absolute Gasteiger partial charge is 0.352 e. The number of nitrogens with zero attached hydrogens (tertiary/aromatic N) is 2. The minimum atomic E-state index is -0.713. The van der Waals surface area contributed by atoms with Crippen LogP contribution in [0.1, 0.15) is 43.9 Å². The third-order valence-electron chi connectivity index (χ3n) is 5.13. The fourth-order valence-electron chi connectivity index (χ4n) is 3.16. The van der Waals surface area contributed by atoms with Gasteiger partial charge in [0.05, 0.1) is 11.3 Å². The van der Waals surface area contributed by atoms with Crippen molar-refractivity contribution >= 4 is 17.5 Å². The normalized spacial score (nSPS) is 12.7. The molecule has 0 aliphatic carbocycles. The van der Waals surface area contributed by atoms with Crippen molar-refractivity contribution in [2.45, 2.75) is 59.2 Å². The number of hydrogen-bond acceptors (Lipinski definition) is 4. The SMILES string of the molecule is CC[C@H](C)NC(=O)[C@H](C)N(Cc1cccc(C)c1)C(=O)Cc1ccccc1[N+](=O)[O-]. The number of para-hydroxylation sites is 1. The summed E-state index contributed by atoms with van der Waals surface area (Å²) in [6.07, 6.45) is 0.629. The van der Waals surface area contributed by atoms with E-state index in [1.165, 1.54) is 11.0 Å². The van der Waals surface area contributed by atoms with Crippen LogP contribution in [0.3, 0.4) is 0 Å². The number of nitrogens with one attached hydrogen (secondary N) is 1. The number of nitro benzene ring substituents is 1. The van der Waals surface area contributed by atoms with Gasteiger partial charge in [-0.3, -0.25) is 19.7 Å². The topological polar surface area (TPSA) is 92.6 Å². The first kappa shape index (κ1) is 23.1. The Bertz CT molecular complexity index is 913. The van der Waals surface area contributed by atoms with Crippen molar-refractivity contribution in [1.29, 1.82) is 0 Å². The van der Waals surface area contributed by atoms with E-state index in [0.717, 1.165) is 17.5 Å². The molecule has 0 unspecified atom stereocenters. The highest BCUT2D eigenvalue weighted by Crippen LogP contribution is 2.20. The first-order valence-electron chi connectivity index (χ1n) is 10.1. The van der Waals surface area contributed by atoms with Gasteiger partial charge in [0.25, 0.3) is 5.69 Å². The quantitative estimate of drug-likeness (QED) is 0.502. The smallest absolute Gasteiger partial charge is 0.273 e. The summed E-state index contributed by atoms with van der Waals surface area (Å²) in [7, 11) is 0. The molecule has 0 saturated heterocycles. The molecule has 0 saturated carbocycles. The molecule has 0 aliphatic rings. The van der Waals surface area contributed by atoms with E-state index in [1.807, 2.05) is 45.0 Å². The van der Waals surface area contributed by atoms with Crippen molar-refractivity contribution in [3.63, 3.8) is 0 Å². The van der Waals surface area contributed by atoms with Gasteiger partial charge in [-0.1, -0.05) is 55.0 Å². The summed E-state index contributed by atoms with van der Waals surface area (Å²) >= 11 is 0. The molecule has 0 heterocycles. The van der Waals surface area contributed by atoms with Gasteiger partial charge < -0.3 is 10.2 Å².